The Kier molecular flexibility index (Phi) is 9.51. The van der Waals surface area contributed by atoms with E-state index in [4.69, 9.17) is 14.2 Å². The van der Waals surface area contributed by atoms with E-state index in [2.05, 4.69) is 9.64 Å². The Morgan fingerprint density at radius 1 is 0.929 bits per heavy atom. The standard InChI is InChI=1S/C21H27F2NO4/c1-3-26-20-15-17(9-10-19(20)28-21(22)23)16-24(2)11-12-25-13-14-27-18-7-5-4-6-8-18/h4-10,15,21H,3,11-14,16H2,1-2H3. The van der Waals surface area contributed by atoms with Gasteiger partial charge in [-0.25, -0.2) is 0 Å². The van der Waals surface area contributed by atoms with Crippen LogP contribution in [-0.2, 0) is 11.3 Å². The van der Waals surface area contributed by atoms with Gasteiger partial charge in [0.1, 0.15) is 12.4 Å². The van der Waals surface area contributed by atoms with E-state index in [0.29, 0.717) is 38.7 Å². The number of ether oxygens (including phenoxy) is 4. The van der Waals surface area contributed by atoms with Gasteiger partial charge >= 0.3 is 6.61 Å². The maximum Gasteiger partial charge on any atom is 0.387 e. The second-order valence-electron chi connectivity index (χ2n) is 6.10. The quantitative estimate of drug-likeness (QED) is 0.475. The van der Waals surface area contributed by atoms with Crippen molar-refractivity contribution in [1.29, 1.82) is 0 Å². The lowest BCUT2D eigenvalue weighted by Gasteiger charge is -2.18. The number of hydrogen-bond donors (Lipinski definition) is 0. The van der Waals surface area contributed by atoms with E-state index in [9.17, 15) is 8.78 Å². The lowest BCUT2D eigenvalue weighted by atomic mass is 10.2. The second kappa shape index (κ2) is 12.2. The summed E-state index contributed by atoms with van der Waals surface area (Å²) in [6.45, 7) is 2.23. The number of rotatable bonds is 13. The van der Waals surface area contributed by atoms with Crippen molar-refractivity contribution in [3.63, 3.8) is 0 Å². The van der Waals surface area contributed by atoms with E-state index in [1.165, 1.54) is 6.07 Å². The normalized spacial score (nSPS) is 11.1. The van der Waals surface area contributed by atoms with E-state index >= 15 is 0 Å². The zero-order valence-electron chi connectivity index (χ0n) is 16.3. The lowest BCUT2D eigenvalue weighted by molar-refractivity contribution is -0.0514. The minimum absolute atomic E-state index is 0.0463. The van der Waals surface area contributed by atoms with Gasteiger partial charge in [0, 0.05) is 13.1 Å². The molecule has 0 spiro atoms. The van der Waals surface area contributed by atoms with Gasteiger partial charge in [-0.2, -0.15) is 8.78 Å². The molecule has 0 fully saturated rings. The third-order valence-corrected chi connectivity index (χ3v) is 3.83. The summed E-state index contributed by atoms with van der Waals surface area (Å²) in [6, 6.07) is 14.6. The monoisotopic (exact) mass is 395 g/mol. The SMILES string of the molecule is CCOc1cc(CN(C)CCOCCOc2ccccc2)ccc1OC(F)F. The molecule has 2 aromatic rings. The smallest absolute Gasteiger partial charge is 0.387 e. The van der Waals surface area contributed by atoms with Gasteiger partial charge in [0.05, 0.1) is 19.8 Å². The Balaban J connectivity index is 1.70. The number of hydrogen-bond acceptors (Lipinski definition) is 5. The fourth-order valence-corrected chi connectivity index (χ4v) is 2.56. The molecule has 5 nitrogen and oxygen atoms in total. The van der Waals surface area contributed by atoms with Gasteiger partial charge in [0.2, 0.25) is 0 Å². The van der Waals surface area contributed by atoms with Crippen molar-refractivity contribution in [3.8, 4) is 17.2 Å². The first kappa shape index (κ1) is 21.9. The Bertz CT molecular complexity index is 685. The molecule has 0 aliphatic carbocycles. The van der Waals surface area contributed by atoms with Crippen LogP contribution in [0.5, 0.6) is 17.2 Å². The summed E-state index contributed by atoms with van der Waals surface area (Å²) in [4.78, 5) is 2.08. The number of likely N-dealkylation sites (N-methyl/N-ethyl adjacent to an activating group) is 1. The molecular formula is C21H27F2NO4. The van der Waals surface area contributed by atoms with Crippen LogP contribution in [0.25, 0.3) is 0 Å². The lowest BCUT2D eigenvalue weighted by Crippen LogP contribution is -2.23. The summed E-state index contributed by atoms with van der Waals surface area (Å²) in [5, 5.41) is 0. The fraction of sp³-hybridized carbons (Fsp3) is 0.429. The van der Waals surface area contributed by atoms with Crippen LogP contribution in [0.2, 0.25) is 0 Å². The molecular weight excluding hydrogens is 368 g/mol. The number of nitrogens with zero attached hydrogens (tertiary/aromatic N) is 1. The van der Waals surface area contributed by atoms with Crippen molar-refractivity contribution in [2.24, 2.45) is 0 Å². The summed E-state index contributed by atoms with van der Waals surface area (Å²) >= 11 is 0. The molecule has 28 heavy (non-hydrogen) atoms. The van der Waals surface area contributed by atoms with E-state index in [-0.39, 0.29) is 5.75 Å². The Morgan fingerprint density at radius 3 is 2.43 bits per heavy atom. The van der Waals surface area contributed by atoms with Gasteiger partial charge in [-0.1, -0.05) is 24.3 Å². The minimum Gasteiger partial charge on any atom is -0.491 e. The summed E-state index contributed by atoms with van der Waals surface area (Å²) < 4.78 is 46.0. The molecule has 0 unspecified atom stereocenters. The summed E-state index contributed by atoms with van der Waals surface area (Å²) in [7, 11) is 1.97. The molecule has 0 amide bonds. The van der Waals surface area contributed by atoms with Crippen molar-refractivity contribution in [2.45, 2.75) is 20.1 Å². The molecule has 0 N–H and O–H groups in total. The van der Waals surface area contributed by atoms with E-state index in [1.54, 1.807) is 19.1 Å². The molecule has 0 atom stereocenters. The highest BCUT2D eigenvalue weighted by atomic mass is 19.3. The van der Waals surface area contributed by atoms with Gasteiger partial charge in [0.25, 0.3) is 0 Å². The zero-order valence-corrected chi connectivity index (χ0v) is 16.3. The van der Waals surface area contributed by atoms with Crippen LogP contribution < -0.4 is 14.2 Å². The third-order valence-electron chi connectivity index (χ3n) is 3.83. The number of para-hydroxylation sites is 1. The highest BCUT2D eigenvalue weighted by Crippen LogP contribution is 2.30. The third kappa shape index (κ3) is 8.10. The van der Waals surface area contributed by atoms with Gasteiger partial charge in [-0.15, -0.1) is 0 Å². The maximum atomic E-state index is 12.5. The van der Waals surface area contributed by atoms with Gasteiger partial charge in [-0.05, 0) is 43.8 Å². The molecule has 0 aliphatic rings. The molecule has 0 saturated carbocycles. The molecule has 0 bridgehead atoms. The Morgan fingerprint density at radius 2 is 1.71 bits per heavy atom. The topological polar surface area (TPSA) is 40.2 Å². The van der Waals surface area contributed by atoms with Crippen LogP contribution in [0.15, 0.2) is 48.5 Å². The summed E-state index contributed by atoms with van der Waals surface area (Å²) in [5.41, 5.74) is 0.944. The predicted molar refractivity (Wildman–Crippen MR) is 103 cm³/mol. The van der Waals surface area contributed by atoms with Crippen molar-refractivity contribution < 1.29 is 27.7 Å². The highest BCUT2D eigenvalue weighted by Gasteiger charge is 2.12. The van der Waals surface area contributed by atoms with E-state index in [0.717, 1.165) is 17.9 Å². The van der Waals surface area contributed by atoms with Crippen LogP contribution >= 0.6 is 0 Å². The van der Waals surface area contributed by atoms with E-state index in [1.807, 2.05) is 37.4 Å². The van der Waals surface area contributed by atoms with Crippen LogP contribution in [0, 0.1) is 0 Å². The first-order valence-electron chi connectivity index (χ1n) is 9.23. The Hall–Kier alpha value is -2.38. The second-order valence-corrected chi connectivity index (χ2v) is 6.10. The highest BCUT2D eigenvalue weighted by molar-refractivity contribution is 5.43. The van der Waals surface area contributed by atoms with Gasteiger partial charge in [0.15, 0.2) is 11.5 Å². The predicted octanol–water partition coefficient (Wildman–Crippen LogP) is 4.21. The van der Waals surface area contributed by atoms with Crippen molar-refractivity contribution in [2.75, 3.05) is 40.0 Å². The van der Waals surface area contributed by atoms with E-state index < -0.39 is 6.61 Å². The fourth-order valence-electron chi connectivity index (χ4n) is 2.56. The van der Waals surface area contributed by atoms with Crippen LogP contribution in [-0.4, -0.2) is 51.5 Å². The van der Waals surface area contributed by atoms with Crippen molar-refractivity contribution >= 4 is 0 Å². The molecule has 0 aromatic heterocycles. The Labute approximate surface area is 164 Å². The first-order valence-corrected chi connectivity index (χ1v) is 9.23. The number of benzene rings is 2. The van der Waals surface area contributed by atoms with Gasteiger partial charge in [-0.3, -0.25) is 4.90 Å². The van der Waals surface area contributed by atoms with Crippen molar-refractivity contribution in [3.05, 3.63) is 54.1 Å². The van der Waals surface area contributed by atoms with Crippen LogP contribution in [0.1, 0.15) is 12.5 Å². The first-order chi connectivity index (χ1) is 13.6. The molecule has 154 valence electrons. The molecule has 0 radical (unpaired) electrons. The van der Waals surface area contributed by atoms with Crippen molar-refractivity contribution in [1.82, 2.24) is 4.90 Å². The number of halogens is 2. The molecule has 0 saturated heterocycles. The minimum atomic E-state index is -2.88. The van der Waals surface area contributed by atoms with Crippen LogP contribution in [0.4, 0.5) is 8.78 Å². The summed E-state index contributed by atoms with van der Waals surface area (Å²) in [6.07, 6.45) is 0. The molecule has 2 aromatic carbocycles. The maximum absolute atomic E-state index is 12.5. The molecule has 0 heterocycles. The van der Waals surface area contributed by atoms with Gasteiger partial charge < -0.3 is 18.9 Å². The average molecular weight is 395 g/mol. The summed E-state index contributed by atoms with van der Waals surface area (Å²) in [5.74, 6) is 1.20. The molecule has 7 heteroatoms. The number of alkyl halides is 2. The molecule has 2 rings (SSSR count). The molecule has 0 aliphatic heterocycles. The van der Waals surface area contributed by atoms with Crippen LogP contribution in [0.3, 0.4) is 0 Å². The largest absolute Gasteiger partial charge is 0.491 e. The zero-order chi connectivity index (χ0) is 20.2. The average Bonchev–Trinajstić information content (AvgIpc) is 2.67.